The number of nitrogens with one attached hydrogen (secondary N) is 1. The molecule has 0 saturated heterocycles. The van der Waals surface area contributed by atoms with E-state index >= 15 is 0 Å². The summed E-state index contributed by atoms with van der Waals surface area (Å²) in [6.45, 7) is 4.08. The number of allylic oxidation sites excluding steroid dienone is 6. The van der Waals surface area contributed by atoms with Crippen molar-refractivity contribution in [2.45, 2.75) is 20.3 Å². The van der Waals surface area contributed by atoms with Crippen LogP contribution >= 0.6 is 27.7 Å². The molecule has 19 heavy (non-hydrogen) atoms. The Kier molecular flexibility index (Phi) is 7.67. The van der Waals surface area contributed by atoms with Gasteiger partial charge in [-0.25, -0.2) is 4.79 Å². The van der Waals surface area contributed by atoms with E-state index in [1.54, 1.807) is 24.8 Å². The average Bonchev–Trinajstić information content (AvgIpc) is 2.48. The molecule has 1 heterocycles. The zero-order valence-corrected chi connectivity index (χ0v) is 13.5. The third-order valence-corrected chi connectivity index (χ3v) is 4.23. The molecule has 104 valence electrons. The lowest BCUT2D eigenvalue weighted by atomic mass is 10.2. The molecule has 1 amide bonds. The highest BCUT2D eigenvalue weighted by Crippen LogP contribution is 2.20. The molecule has 1 rings (SSSR count). The fraction of sp³-hybridized carbons (Fsp3) is 0.357. The van der Waals surface area contributed by atoms with Gasteiger partial charge < -0.3 is 10.1 Å². The molecular formula is C14H18BrNO2S. The van der Waals surface area contributed by atoms with Crippen LogP contribution in [-0.4, -0.2) is 18.4 Å². The fourth-order valence-electron chi connectivity index (χ4n) is 1.26. The van der Waals surface area contributed by atoms with E-state index in [1.165, 1.54) is 4.48 Å². The van der Waals surface area contributed by atoms with Gasteiger partial charge in [-0.3, -0.25) is 0 Å². The number of thioether (sulfide) groups is 1. The fourth-order valence-corrected chi connectivity index (χ4v) is 2.61. The minimum Gasteiger partial charge on any atom is -0.416 e. The maximum Gasteiger partial charge on any atom is 0.412 e. The largest absolute Gasteiger partial charge is 0.416 e. The number of alkyl carbamates (subject to hydrolysis) is 1. The summed E-state index contributed by atoms with van der Waals surface area (Å²) in [6, 6.07) is 0. The summed E-state index contributed by atoms with van der Waals surface area (Å²) in [4.78, 5) is 11.5. The summed E-state index contributed by atoms with van der Waals surface area (Å²) in [7, 11) is 0. The first-order chi connectivity index (χ1) is 9.11. The van der Waals surface area contributed by atoms with Gasteiger partial charge in [0.2, 0.25) is 0 Å². The molecule has 0 saturated carbocycles. The van der Waals surface area contributed by atoms with Gasteiger partial charge in [0.25, 0.3) is 0 Å². The quantitative estimate of drug-likeness (QED) is 0.767. The lowest BCUT2D eigenvalue weighted by Crippen LogP contribution is -2.26. The number of carbonyl (C=O) groups excluding carboxylic acids is 1. The molecule has 0 spiro atoms. The van der Waals surface area contributed by atoms with Crippen LogP contribution in [0.3, 0.4) is 0 Å². The number of rotatable bonds is 3. The Morgan fingerprint density at radius 3 is 3.16 bits per heavy atom. The van der Waals surface area contributed by atoms with E-state index in [0.29, 0.717) is 12.3 Å². The predicted octanol–water partition coefficient (Wildman–Crippen LogP) is 4.49. The van der Waals surface area contributed by atoms with E-state index < -0.39 is 6.09 Å². The highest BCUT2D eigenvalue weighted by Gasteiger charge is 2.05. The zero-order chi connectivity index (χ0) is 14.1. The number of hydrogen-bond donors (Lipinski definition) is 1. The molecule has 0 fully saturated rings. The van der Waals surface area contributed by atoms with E-state index in [4.69, 9.17) is 4.74 Å². The molecule has 0 aromatic heterocycles. The van der Waals surface area contributed by atoms with Crippen molar-refractivity contribution in [2.24, 2.45) is 0 Å². The second kappa shape index (κ2) is 9.04. The first-order valence-corrected chi connectivity index (χ1v) is 7.85. The number of ether oxygens (including phenoxy) is 1. The Balaban J connectivity index is 2.45. The van der Waals surface area contributed by atoms with Gasteiger partial charge >= 0.3 is 6.09 Å². The molecule has 0 aromatic carbocycles. The minimum atomic E-state index is -0.415. The smallest absolute Gasteiger partial charge is 0.412 e. The van der Waals surface area contributed by atoms with Crippen molar-refractivity contribution in [1.82, 2.24) is 5.32 Å². The van der Waals surface area contributed by atoms with Gasteiger partial charge in [0, 0.05) is 16.8 Å². The monoisotopic (exact) mass is 343 g/mol. The Labute approximate surface area is 127 Å². The second-order valence-electron chi connectivity index (χ2n) is 3.98. The Morgan fingerprint density at radius 2 is 2.42 bits per heavy atom. The molecule has 1 aliphatic rings. The molecule has 0 aromatic rings. The topological polar surface area (TPSA) is 38.3 Å². The summed E-state index contributed by atoms with van der Waals surface area (Å²) >= 11 is 5.20. The Morgan fingerprint density at radius 1 is 1.63 bits per heavy atom. The predicted molar refractivity (Wildman–Crippen MR) is 85.2 cm³/mol. The SMILES string of the molecule is C/C=C(\C)OC(=O)NC/C1=C/C=C\C/C(Br)=C\SC1. The summed E-state index contributed by atoms with van der Waals surface area (Å²) in [5.41, 5.74) is 1.15. The molecule has 0 aliphatic carbocycles. The van der Waals surface area contributed by atoms with E-state index in [1.807, 2.05) is 19.1 Å². The molecule has 0 bridgehead atoms. The van der Waals surface area contributed by atoms with Crippen molar-refractivity contribution in [3.05, 3.63) is 45.5 Å². The molecule has 0 unspecified atom stereocenters. The first-order valence-electron chi connectivity index (χ1n) is 6.01. The summed E-state index contributed by atoms with van der Waals surface area (Å²) in [5.74, 6) is 1.45. The molecular weight excluding hydrogens is 326 g/mol. The van der Waals surface area contributed by atoms with Gasteiger partial charge in [0.05, 0.1) is 0 Å². The van der Waals surface area contributed by atoms with Crippen molar-refractivity contribution in [3.8, 4) is 0 Å². The molecule has 1 N–H and O–H groups in total. The first kappa shape index (κ1) is 16.1. The third kappa shape index (κ3) is 7.28. The van der Waals surface area contributed by atoms with E-state index in [2.05, 4.69) is 32.7 Å². The Hall–Kier alpha value is -0.940. The van der Waals surface area contributed by atoms with Crippen LogP contribution in [0.5, 0.6) is 0 Å². The standard InChI is InChI=1S/C14H18BrNO2S/c1-3-11(2)18-14(17)16-8-12-6-4-5-7-13(15)10-19-9-12/h3-6,10H,7-9H2,1-2H3,(H,16,17)/b5-4-,11-3+,12-6-,13-10+. The van der Waals surface area contributed by atoms with Crippen molar-refractivity contribution in [2.75, 3.05) is 12.3 Å². The maximum absolute atomic E-state index is 11.5. The summed E-state index contributed by atoms with van der Waals surface area (Å²) in [6.07, 6.45) is 8.36. The van der Waals surface area contributed by atoms with Crippen LogP contribution in [0.2, 0.25) is 0 Å². The summed E-state index contributed by atoms with van der Waals surface area (Å²) in [5, 5.41) is 4.84. The van der Waals surface area contributed by atoms with E-state index in [0.717, 1.165) is 17.7 Å². The average molecular weight is 344 g/mol. The van der Waals surface area contributed by atoms with Crippen molar-refractivity contribution < 1.29 is 9.53 Å². The molecule has 0 radical (unpaired) electrons. The van der Waals surface area contributed by atoms with Crippen LogP contribution < -0.4 is 5.32 Å². The van der Waals surface area contributed by atoms with Crippen LogP contribution in [0.4, 0.5) is 4.79 Å². The van der Waals surface area contributed by atoms with Gasteiger partial charge in [0.1, 0.15) is 5.76 Å². The van der Waals surface area contributed by atoms with Gasteiger partial charge in [0.15, 0.2) is 0 Å². The highest BCUT2D eigenvalue weighted by molar-refractivity contribution is 9.11. The van der Waals surface area contributed by atoms with Gasteiger partial charge in [-0.1, -0.05) is 34.2 Å². The summed E-state index contributed by atoms with van der Waals surface area (Å²) < 4.78 is 6.19. The molecule has 0 atom stereocenters. The van der Waals surface area contributed by atoms with Crippen molar-refractivity contribution >= 4 is 33.8 Å². The second-order valence-corrected chi connectivity index (χ2v) is 5.85. The minimum absolute atomic E-state index is 0.415. The lowest BCUT2D eigenvalue weighted by molar-refractivity contribution is 0.177. The van der Waals surface area contributed by atoms with Crippen LogP contribution in [0.15, 0.2) is 45.5 Å². The number of hydrogen-bond acceptors (Lipinski definition) is 3. The van der Waals surface area contributed by atoms with E-state index in [9.17, 15) is 4.79 Å². The van der Waals surface area contributed by atoms with Crippen molar-refractivity contribution in [1.29, 1.82) is 0 Å². The van der Waals surface area contributed by atoms with Gasteiger partial charge in [-0.15, -0.1) is 11.8 Å². The molecule has 1 aliphatic heterocycles. The zero-order valence-electron chi connectivity index (χ0n) is 11.1. The maximum atomic E-state index is 11.5. The van der Waals surface area contributed by atoms with Crippen LogP contribution in [0.1, 0.15) is 20.3 Å². The third-order valence-electron chi connectivity index (χ3n) is 2.38. The Bertz CT molecular complexity index is 439. The van der Waals surface area contributed by atoms with Crippen LogP contribution in [0.25, 0.3) is 0 Å². The normalized spacial score (nSPS) is 23.8. The van der Waals surface area contributed by atoms with Crippen LogP contribution in [0, 0.1) is 0 Å². The van der Waals surface area contributed by atoms with Gasteiger partial charge in [-0.2, -0.15) is 0 Å². The lowest BCUT2D eigenvalue weighted by Gasteiger charge is -2.08. The highest BCUT2D eigenvalue weighted by atomic mass is 79.9. The molecule has 5 heteroatoms. The van der Waals surface area contributed by atoms with Gasteiger partial charge in [-0.05, 0) is 37.3 Å². The van der Waals surface area contributed by atoms with E-state index in [-0.39, 0.29) is 0 Å². The van der Waals surface area contributed by atoms with Crippen LogP contribution in [-0.2, 0) is 4.74 Å². The number of carbonyl (C=O) groups is 1. The number of halogens is 1. The molecule has 3 nitrogen and oxygen atoms in total. The van der Waals surface area contributed by atoms with Crippen molar-refractivity contribution in [3.63, 3.8) is 0 Å². The number of amides is 1.